The molecule has 2 aromatic rings. The van der Waals surface area contributed by atoms with Crippen molar-refractivity contribution in [2.45, 2.75) is 45.7 Å². The maximum absolute atomic E-state index is 13.0. The van der Waals surface area contributed by atoms with Crippen LogP contribution in [-0.2, 0) is 16.0 Å². The maximum Gasteiger partial charge on any atom is 0.409 e. The lowest BCUT2D eigenvalue weighted by Gasteiger charge is -2.37. The minimum Gasteiger partial charge on any atom is -0.496 e. The number of carbonyl (C=O) groups is 2. The van der Waals surface area contributed by atoms with Crippen molar-refractivity contribution in [1.29, 1.82) is 5.26 Å². The van der Waals surface area contributed by atoms with Gasteiger partial charge in [-0.25, -0.2) is 14.6 Å². The quantitative estimate of drug-likeness (QED) is 0.397. The molecule has 2 saturated heterocycles. The summed E-state index contributed by atoms with van der Waals surface area (Å²) < 4.78 is 17.3. The number of amides is 1. The average Bonchev–Trinajstić information content (AvgIpc) is 2.96. The lowest BCUT2D eigenvalue weighted by atomic mass is 10.0. The number of hydrogen-bond acceptors (Lipinski definition) is 9. The fourth-order valence-electron chi connectivity index (χ4n) is 5.17. The number of likely N-dealkylation sites (tertiary alicyclic amines) is 1. The summed E-state index contributed by atoms with van der Waals surface area (Å²) >= 11 is 3.57. The third-order valence-electron chi connectivity index (χ3n) is 7.40. The van der Waals surface area contributed by atoms with E-state index in [4.69, 9.17) is 14.2 Å². The Labute approximate surface area is 243 Å². The highest BCUT2D eigenvalue weighted by molar-refractivity contribution is 9.10. The first kappa shape index (κ1) is 29.6. The molecule has 0 spiro atoms. The van der Waals surface area contributed by atoms with Crippen molar-refractivity contribution >= 4 is 33.8 Å². The van der Waals surface area contributed by atoms with E-state index in [1.54, 1.807) is 25.9 Å². The van der Waals surface area contributed by atoms with Gasteiger partial charge in [-0.05, 0) is 72.9 Å². The smallest absolute Gasteiger partial charge is 0.409 e. The van der Waals surface area contributed by atoms with Crippen LogP contribution in [0.15, 0.2) is 28.7 Å². The number of benzene rings is 1. The number of anilines is 1. The van der Waals surface area contributed by atoms with Crippen molar-refractivity contribution in [3.8, 4) is 11.8 Å². The summed E-state index contributed by atoms with van der Waals surface area (Å²) in [4.78, 5) is 36.2. The largest absolute Gasteiger partial charge is 0.496 e. The van der Waals surface area contributed by atoms with Crippen molar-refractivity contribution in [3.05, 3.63) is 51.1 Å². The summed E-state index contributed by atoms with van der Waals surface area (Å²) in [6.45, 7) is 7.65. The molecule has 1 atom stereocenters. The van der Waals surface area contributed by atoms with Gasteiger partial charge in [0.1, 0.15) is 29.8 Å². The Kier molecular flexibility index (Phi) is 10.2. The lowest BCUT2D eigenvalue weighted by Crippen LogP contribution is -2.50. The first-order valence-corrected chi connectivity index (χ1v) is 14.5. The van der Waals surface area contributed by atoms with E-state index in [2.05, 4.69) is 44.0 Å². The number of pyridine rings is 1. The molecule has 0 N–H and O–H groups in total. The normalized spacial score (nSPS) is 17.7. The number of aryl methyl sites for hydroxylation is 1. The molecule has 1 amide bonds. The van der Waals surface area contributed by atoms with Crippen LogP contribution >= 0.6 is 15.9 Å². The second-order valence-electron chi connectivity index (χ2n) is 9.96. The molecule has 1 aromatic carbocycles. The predicted octanol–water partition coefficient (Wildman–Crippen LogP) is 4.52. The molecule has 40 heavy (non-hydrogen) atoms. The van der Waals surface area contributed by atoms with Gasteiger partial charge in [0.05, 0.1) is 29.4 Å². The fourth-order valence-corrected chi connectivity index (χ4v) is 5.75. The van der Waals surface area contributed by atoms with Crippen molar-refractivity contribution in [3.63, 3.8) is 0 Å². The number of esters is 1. The molecule has 3 heterocycles. The van der Waals surface area contributed by atoms with Gasteiger partial charge in [0.2, 0.25) is 0 Å². The summed E-state index contributed by atoms with van der Waals surface area (Å²) in [6, 6.07) is 9.89. The van der Waals surface area contributed by atoms with E-state index >= 15 is 0 Å². The number of nitrogens with zero attached hydrogens (tertiary/aromatic N) is 5. The van der Waals surface area contributed by atoms with E-state index in [0.717, 1.165) is 42.6 Å². The SMILES string of the molecule is CCOC(=O)c1cc(C#N)c(C)nc1N1CCN(C(=O)OCC2CCCCN2Cc2ccc(OC)c(Br)c2)CC1. The number of hydrogen-bond donors (Lipinski definition) is 0. The van der Waals surface area contributed by atoms with E-state index in [1.807, 2.05) is 11.0 Å². The number of piperidine rings is 1. The summed E-state index contributed by atoms with van der Waals surface area (Å²) in [5.41, 5.74) is 2.33. The molecule has 2 aliphatic rings. The van der Waals surface area contributed by atoms with Crippen LogP contribution in [0.1, 0.15) is 53.4 Å². The zero-order valence-electron chi connectivity index (χ0n) is 23.3. The minimum atomic E-state index is -0.512. The van der Waals surface area contributed by atoms with Gasteiger partial charge >= 0.3 is 12.1 Å². The van der Waals surface area contributed by atoms with Crippen molar-refractivity contribution < 1.29 is 23.8 Å². The molecule has 4 rings (SSSR count). The number of nitriles is 1. The molecule has 0 saturated carbocycles. The van der Waals surface area contributed by atoms with Gasteiger partial charge in [0.15, 0.2) is 0 Å². The van der Waals surface area contributed by atoms with Crippen LogP contribution in [0.2, 0.25) is 0 Å². The van der Waals surface area contributed by atoms with Gasteiger partial charge in [0.25, 0.3) is 0 Å². The van der Waals surface area contributed by atoms with Crippen LogP contribution in [0, 0.1) is 18.3 Å². The fraction of sp³-hybridized carbons (Fsp3) is 0.517. The van der Waals surface area contributed by atoms with E-state index < -0.39 is 5.97 Å². The van der Waals surface area contributed by atoms with E-state index in [1.165, 1.54) is 11.6 Å². The first-order valence-electron chi connectivity index (χ1n) is 13.7. The van der Waals surface area contributed by atoms with Gasteiger partial charge in [-0.15, -0.1) is 0 Å². The van der Waals surface area contributed by atoms with Crippen molar-refractivity contribution in [2.75, 3.05) is 57.9 Å². The Morgan fingerprint density at radius 3 is 2.58 bits per heavy atom. The summed E-state index contributed by atoms with van der Waals surface area (Å²) in [5, 5.41) is 9.39. The van der Waals surface area contributed by atoms with Crippen LogP contribution < -0.4 is 9.64 Å². The van der Waals surface area contributed by atoms with Gasteiger partial charge < -0.3 is 24.0 Å². The number of piperazine rings is 1. The topological polar surface area (TPSA) is 108 Å². The number of rotatable bonds is 8. The number of carbonyl (C=O) groups excluding carboxylic acids is 2. The van der Waals surface area contributed by atoms with Gasteiger partial charge in [-0.1, -0.05) is 12.5 Å². The zero-order valence-corrected chi connectivity index (χ0v) is 24.9. The maximum atomic E-state index is 13.0. The van der Waals surface area contributed by atoms with Crippen LogP contribution in [0.4, 0.5) is 10.6 Å². The lowest BCUT2D eigenvalue weighted by molar-refractivity contribution is 0.0453. The molecule has 214 valence electrons. The molecule has 10 nitrogen and oxygen atoms in total. The van der Waals surface area contributed by atoms with E-state index in [9.17, 15) is 14.9 Å². The van der Waals surface area contributed by atoms with Gasteiger partial charge in [-0.2, -0.15) is 5.26 Å². The summed E-state index contributed by atoms with van der Waals surface area (Å²) in [6.07, 6.45) is 2.90. The number of aromatic nitrogens is 1. The first-order chi connectivity index (χ1) is 19.3. The van der Waals surface area contributed by atoms with Crippen LogP contribution in [-0.4, -0.2) is 85.9 Å². The highest BCUT2D eigenvalue weighted by Crippen LogP contribution is 2.28. The Morgan fingerprint density at radius 2 is 1.90 bits per heavy atom. The summed E-state index contributed by atoms with van der Waals surface area (Å²) in [5.74, 6) is 0.767. The van der Waals surface area contributed by atoms with Crippen LogP contribution in [0.3, 0.4) is 0 Å². The summed E-state index contributed by atoms with van der Waals surface area (Å²) in [7, 11) is 1.65. The second kappa shape index (κ2) is 13.8. The minimum absolute atomic E-state index is 0.165. The molecule has 0 radical (unpaired) electrons. The zero-order chi connectivity index (χ0) is 28.6. The highest BCUT2D eigenvalue weighted by atomic mass is 79.9. The van der Waals surface area contributed by atoms with Gasteiger partial charge in [0, 0.05) is 38.8 Å². The Bertz CT molecular complexity index is 1260. The van der Waals surface area contributed by atoms with E-state index in [0.29, 0.717) is 49.9 Å². The Hall–Kier alpha value is -3.36. The molecule has 1 unspecified atom stereocenters. The molecule has 0 aliphatic carbocycles. The highest BCUT2D eigenvalue weighted by Gasteiger charge is 2.29. The van der Waals surface area contributed by atoms with Gasteiger partial charge in [-0.3, -0.25) is 4.90 Å². The molecule has 1 aromatic heterocycles. The number of methoxy groups -OCH3 is 1. The number of ether oxygens (including phenoxy) is 3. The third-order valence-corrected chi connectivity index (χ3v) is 8.02. The van der Waals surface area contributed by atoms with Crippen molar-refractivity contribution in [2.24, 2.45) is 0 Å². The second-order valence-corrected chi connectivity index (χ2v) is 10.8. The molecule has 2 fully saturated rings. The van der Waals surface area contributed by atoms with E-state index in [-0.39, 0.29) is 24.3 Å². The molecular formula is C29H36BrN5O5. The average molecular weight is 615 g/mol. The van der Waals surface area contributed by atoms with Crippen LogP contribution in [0.5, 0.6) is 5.75 Å². The Balaban J connectivity index is 1.34. The third kappa shape index (κ3) is 7.04. The van der Waals surface area contributed by atoms with Crippen LogP contribution in [0.25, 0.3) is 0 Å². The molecular weight excluding hydrogens is 578 g/mol. The monoisotopic (exact) mass is 613 g/mol. The molecule has 11 heteroatoms. The molecule has 0 bridgehead atoms. The number of halogens is 1. The van der Waals surface area contributed by atoms with Crippen molar-refractivity contribution in [1.82, 2.24) is 14.8 Å². The standard InChI is InChI=1S/C29H36BrN5O5/c1-4-39-28(36)24-16-22(17-31)20(2)32-27(24)33-11-13-34(14-12-33)29(37)40-19-23-7-5-6-10-35(23)18-21-8-9-26(38-3)25(30)15-21/h8-9,15-16,23H,4-7,10-14,18-19H2,1-3H3. The Morgan fingerprint density at radius 1 is 1.12 bits per heavy atom. The molecule has 2 aliphatic heterocycles. The predicted molar refractivity (Wildman–Crippen MR) is 154 cm³/mol.